The van der Waals surface area contributed by atoms with Crippen LogP contribution in [0.4, 0.5) is 0 Å². The van der Waals surface area contributed by atoms with Gasteiger partial charge in [-0.15, -0.1) is 0 Å². The molecule has 1 unspecified atom stereocenters. The Morgan fingerprint density at radius 2 is 2.04 bits per heavy atom. The monoisotopic (exact) mass is 376 g/mol. The van der Waals surface area contributed by atoms with E-state index in [1.165, 1.54) is 16.7 Å². The van der Waals surface area contributed by atoms with E-state index in [4.69, 9.17) is 17.3 Å². The number of amides is 3. The molecule has 3 amide bonds. The standard InChI is InChI=1S/C18H21ClN4O3/c1-10-13(14-7-12(19)3-4-15(14)21-10)8-17(25)23-6-5-22(11(2)24)9-16(23)18(20)26/h3-4,7,16,21H,5-6,8-9H2,1-2H3,(H2,20,26). The van der Waals surface area contributed by atoms with E-state index in [1.54, 1.807) is 6.07 Å². The molecule has 1 aliphatic rings. The van der Waals surface area contributed by atoms with Crippen LogP contribution in [0, 0.1) is 6.92 Å². The normalized spacial score (nSPS) is 17.6. The number of nitrogens with zero attached hydrogens (tertiary/aromatic N) is 2. The van der Waals surface area contributed by atoms with E-state index in [0.717, 1.165) is 22.2 Å². The minimum atomic E-state index is -0.811. The third kappa shape index (κ3) is 3.39. The zero-order chi connectivity index (χ0) is 19.0. The topological polar surface area (TPSA) is 99.5 Å². The molecule has 1 aromatic carbocycles. The van der Waals surface area contributed by atoms with Crippen molar-refractivity contribution >= 4 is 40.2 Å². The van der Waals surface area contributed by atoms with Crippen LogP contribution in [-0.4, -0.2) is 58.2 Å². The predicted molar refractivity (Wildman–Crippen MR) is 98.7 cm³/mol. The zero-order valence-corrected chi connectivity index (χ0v) is 15.5. The van der Waals surface area contributed by atoms with Crippen molar-refractivity contribution in [2.24, 2.45) is 5.73 Å². The van der Waals surface area contributed by atoms with Crippen LogP contribution in [0.15, 0.2) is 18.2 Å². The van der Waals surface area contributed by atoms with Gasteiger partial charge in [-0.1, -0.05) is 11.6 Å². The second kappa shape index (κ2) is 6.99. The molecule has 0 spiro atoms. The second-order valence-electron chi connectivity index (χ2n) is 6.57. The average Bonchev–Trinajstić information content (AvgIpc) is 2.89. The summed E-state index contributed by atoms with van der Waals surface area (Å²) in [6, 6.07) is 4.67. The summed E-state index contributed by atoms with van der Waals surface area (Å²) in [7, 11) is 0. The third-order valence-corrected chi connectivity index (χ3v) is 5.12. The number of carbonyl (C=O) groups is 3. The number of hydrogen-bond donors (Lipinski definition) is 2. The van der Waals surface area contributed by atoms with Crippen LogP contribution in [0.1, 0.15) is 18.2 Å². The molecule has 3 rings (SSSR count). The number of benzene rings is 1. The van der Waals surface area contributed by atoms with Crippen molar-refractivity contribution in [2.75, 3.05) is 19.6 Å². The van der Waals surface area contributed by atoms with E-state index in [1.807, 2.05) is 19.1 Å². The number of aromatic nitrogens is 1. The molecule has 138 valence electrons. The Labute approximate surface area is 156 Å². The number of primary amides is 1. The van der Waals surface area contributed by atoms with Gasteiger partial charge in [-0.25, -0.2) is 0 Å². The molecule has 1 fully saturated rings. The average molecular weight is 377 g/mol. The van der Waals surface area contributed by atoms with Gasteiger partial charge < -0.3 is 20.5 Å². The smallest absolute Gasteiger partial charge is 0.242 e. The SMILES string of the molecule is CC(=O)N1CCN(C(=O)Cc2c(C)[nH]c3ccc(Cl)cc23)C(C(N)=O)C1. The zero-order valence-electron chi connectivity index (χ0n) is 14.7. The summed E-state index contributed by atoms with van der Waals surface area (Å²) in [6.45, 7) is 4.15. The first-order valence-electron chi connectivity index (χ1n) is 8.39. The Balaban J connectivity index is 1.85. The van der Waals surface area contributed by atoms with Crippen molar-refractivity contribution in [1.29, 1.82) is 0 Å². The number of halogens is 1. The van der Waals surface area contributed by atoms with Gasteiger partial charge in [0.15, 0.2) is 0 Å². The van der Waals surface area contributed by atoms with Crippen LogP contribution < -0.4 is 5.73 Å². The Bertz CT molecular complexity index is 892. The Kier molecular flexibility index (Phi) is 4.91. The number of fused-ring (bicyclic) bond motifs is 1. The van der Waals surface area contributed by atoms with Crippen molar-refractivity contribution in [1.82, 2.24) is 14.8 Å². The minimum absolute atomic E-state index is 0.134. The van der Waals surface area contributed by atoms with Gasteiger partial charge in [0, 0.05) is 41.6 Å². The van der Waals surface area contributed by atoms with Gasteiger partial charge in [0.2, 0.25) is 17.7 Å². The number of aromatic amines is 1. The summed E-state index contributed by atoms with van der Waals surface area (Å²) in [5.74, 6) is -0.936. The van der Waals surface area contributed by atoms with Crippen LogP contribution >= 0.6 is 11.6 Å². The van der Waals surface area contributed by atoms with Crippen LogP contribution in [0.2, 0.25) is 5.02 Å². The van der Waals surface area contributed by atoms with Crippen LogP contribution in [0.3, 0.4) is 0 Å². The van der Waals surface area contributed by atoms with E-state index in [-0.39, 0.29) is 31.3 Å². The van der Waals surface area contributed by atoms with Gasteiger partial charge in [0.05, 0.1) is 13.0 Å². The molecule has 1 aliphatic heterocycles. The van der Waals surface area contributed by atoms with Gasteiger partial charge in [0.1, 0.15) is 6.04 Å². The highest BCUT2D eigenvalue weighted by Gasteiger charge is 2.35. The molecule has 2 aromatic rings. The van der Waals surface area contributed by atoms with E-state index in [0.29, 0.717) is 11.6 Å². The summed E-state index contributed by atoms with van der Waals surface area (Å²) >= 11 is 6.09. The highest BCUT2D eigenvalue weighted by Crippen LogP contribution is 2.26. The number of hydrogen-bond acceptors (Lipinski definition) is 3. The number of H-pyrrole nitrogens is 1. The highest BCUT2D eigenvalue weighted by atomic mass is 35.5. The molecule has 0 bridgehead atoms. The first kappa shape index (κ1) is 18.3. The molecule has 3 N–H and O–H groups in total. The molecule has 0 radical (unpaired) electrons. The van der Waals surface area contributed by atoms with Gasteiger partial charge in [-0.05, 0) is 30.7 Å². The molecule has 8 heteroatoms. The fraction of sp³-hybridized carbons (Fsp3) is 0.389. The molecule has 1 saturated heterocycles. The van der Waals surface area contributed by atoms with Crippen molar-refractivity contribution in [3.63, 3.8) is 0 Å². The molecule has 1 atom stereocenters. The third-order valence-electron chi connectivity index (χ3n) is 4.88. The van der Waals surface area contributed by atoms with E-state index >= 15 is 0 Å². The number of piperazine rings is 1. The maximum Gasteiger partial charge on any atom is 0.242 e. The maximum absolute atomic E-state index is 12.9. The van der Waals surface area contributed by atoms with Gasteiger partial charge in [-0.2, -0.15) is 0 Å². The predicted octanol–water partition coefficient (Wildman–Crippen LogP) is 1.22. The lowest BCUT2D eigenvalue weighted by Gasteiger charge is -2.39. The highest BCUT2D eigenvalue weighted by molar-refractivity contribution is 6.31. The van der Waals surface area contributed by atoms with E-state index in [2.05, 4.69) is 4.98 Å². The van der Waals surface area contributed by atoms with Crippen molar-refractivity contribution in [2.45, 2.75) is 26.3 Å². The summed E-state index contributed by atoms with van der Waals surface area (Å²) in [5, 5.41) is 1.48. The second-order valence-corrected chi connectivity index (χ2v) is 7.00. The number of nitrogens with two attached hydrogens (primary N) is 1. The quantitative estimate of drug-likeness (QED) is 0.842. The lowest BCUT2D eigenvalue weighted by atomic mass is 10.0. The molecular weight excluding hydrogens is 356 g/mol. The Hall–Kier alpha value is -2.54. The largest absolute Gasteiger partial charge is 0.368 e. The number of aryl methyl sites for hydroxylation is 1. The van der Waals surface area contributed by atoms with E-state index < -0.39 is 11.9 Å². The van der Waals surface area contributed by atoms with Crippen molar-refractivity contribution in [3.8, 4) is 0 Å². The summed E-state index contributed by atoms with van der Waals surface area (Å²) < 4.78 is 0. The van der Waals surface area contributed by atoms with Crippen molar-refractivity contribution < 1.29 is 14.4 Å². The fourth-order valence-electron chi connectivity index (χ4n) is 3.45. The van der Waals surface area contributed by atoms with Gasteiger partial charge >= 0.3 is 0 Å². The van der Waals surface area contributed by atoms with Crippen LogP contribution in [0.5, 0.6) is 0 Å². The van der Waals surface area contributed by atoms with Crippen LogP contribution in [-0.2, 0) is 20.8 Å². The molecule has 2 heterocycles. The first-order valence-corrected chi connectivity index (χ1v) is 8.76. The number of rotatable bonds is 3. The minimum Gasteiger partial charge on any atom is -0.368 e. The molecule has 1 aromatic heterocycles. The lowest BCUT2D eigenvalue weighted by molar-refractivity contribution is -0.146. The lowest BCUT2D eigenvalue weighted by Crippen LogP contribution is -2.60. The molecule has 26 heavy (non-hydrogen) atoms. The maximum atomic E-state index is 12.9. The van der Waals surface area contributed by atoms with E-state index in [9.17, 15) is 14.4 Å². The van der Waals surface area contributed by atoms with Gasteiger partial charge in [0.25, 0.3) is 0 Å². The molecular formula is C18H21ClN4O3. The molecule has 7 nitrogen and oxygen atoms in total. The van der Waals surface area contributed by atoms with Crippen LogP contribution in [0.25, 0.3) is 10.9 Å². The molecule has 0 aliphatic carbocycles. The first-order chi connectivity index (χ1) is 12.3. The summed E-state index contributed by atoms with van der Waals surface area (Å²) in [5.41, 5.74) is 8.12. The summed E-state index contributed by atoms with van der Waals surface area (Å²) in [6.07, 6.45) is 0.135. The van der Waals surface area contributed by atoms with Gasteiger partial charge in [-0.3, -0.25) is 14.4 Å². The Morgan fingerprint density at radius 3 is 2.69 bits per heavy atom. The molecule has 0 saturated carbocycles. The fourth-order valence-corrected chi connectivity index (χ4v) is 3.62. The van der Waals surface area contributed by atoms with Crippen molar-refractivity contribution in [3.05, 3.63) is 34.5 Å². The number of carbonyl (C=O) groups excluding carboxylic acids is 3. The summed E-state index contributed by atoms with van der Waals surface area (Å²) in [4.78, 5) is 42.6. The number of nitrogens with one attached hydrogen (secondary N) is 1. The Morgan fingerprint density at radius 1 is 1.31 bits per heavy atom.